The Bertz CT molecular complexity index is 1300. The molecule has 4 heterocycles. The van der Waals surface area contributed by atoms with Gasteiger partial charge < -0.3 is 14.4 Å². The van der Waals surface area contributed by atoms with E-state index in [4.69, 9.17) is 9.47 Å². The van der Waals surface area contributed by atoms with Crippen molar-refractivity contribution in [1.82, 2.24) is 23.8 Å². The number of nitrogens with zero attached hydrogens (tertiary/aromatic N) is 6. The fourth-order valence-electron chi connectivity index (χ4n) is 4.04. The van der Waals surface area contributed by atoms with Crippen LogP contribution in [0.25, 0.3) is 5.82 Å². The zero-order chi connectivity index (χ0) is 23.2. The molecular formula is C22H26N6O4S. The number of hydrogen-bond donors (Lipinski definition) is 0. The second-order valence-corrected chi connectivity index (χ2v) is 10.1. The molecule has 0 aliphatic carbocycles. The van der Waals surface area contributed by atoms with Crippen LogP contribution in [0.4, 0.5) is 5.82 Å². The molecule has 10 nitrogen and oxygen atoms in total. The normalized spacial score (nSPS) is 16.8. The van der Waals surface area contributed by atoms with Gasteiger partial charge in [0.1, 0.15) is 37.0 Å². The molecule has 0 N–H and O–H groups in total. The smallest absolute Gasteiger partial charge is 0.243 e. The van der Waals surface area contributed by atoms with E-state index in [1.807, 2.05) is 31.4 Å². The molecule has 0 atom stereocenters. The number of anilines is 1. The van der Waals surface area contributed by atoms with Gasteiger partial charge in [-0.05, 0) is 32.9 Å². The van der Waals surface area contributed by atoms with Gasteiger partial charge in [-0.1, -0.05) is 0 Å². The van der Waals surface area contributed by atoms with Crippen LogP contribution in [0.3, 0.4) is 0 Å². The van der Waals surface area contributed by atoms with Crippen LogP contribution in [-0.2, 0) is 10.0 Å². The summed E-state index contributed by atoms with van der Waals surface area (Å²) in [6.45, 7) is 8.47. The Balaban J connectivity index is 1.33. The molecule has 0 spiro atoms. The summed E-state index contributed by atoms with van der Waals surface area (Å²) in [4.78, 5) is 15.8. The number of sulfonamides is 1. The lowest BCUT2D eigenvalue weighted by atomic mass is 10.3. The highest BCUT2D eigenvalue weighted by Crippen LogP contribution is 2.33. The average Bonchev–Trinajstić information content (AvgIpc) is 3.16. The summed E-state index contributed by atoms with van der Waals surface area (Å²) in [5.74, 6) is 3.22. The van der Waals surface area contributed by atoms with E-state index < -0.39 is 10.0 Å². The number of ether oxygens (including phenoxy) is 2. The second kappa shape index (κ2) is 8.31. The Hall–Kier alpha value is -3.18. The van der Waals surface area contributed by atoms with Gasteiger partial charge in [0.15, 0.2) is 11.5 Å². The molecule has 1 aromatic carbocycles. The third-order valence-electron chi connectivity index (χ3n) is 6.02. The van der Waals surface area contributed by atoms with Crippen molar-refractivity contribution in [2.24, 2.45) is 0 Å². The van der Waals surface area contributed by atoms with E-state index >= 15 is 0 Å². The summed E-state index contributed by atoms with van der Waals surface area (Å²) in [7, 11) is -3.64. The Kier molecular flexibility index (Phi) is 5.45. The van der Waals surface area contributed by atoms with E-state index in [9.17, 15) is 8.42 Å². The lowest BCUT2D eigenvalue weighted by molar-refractivity contribution is 0.171. The average molecular weight is 471 g/mol. The van der Waals surface area contributed by atoms with Crippen molar-refractivity contribution in [2.45, 2.75) is 25.7 Å². The Labute approximate surface area is 192 Å². The lowest BCUT2D eigenvalue weighted by Crippen LogP contribution is -2.49. The first-order valence-electron chi connectivity index (χ1n) is 10.8. The minimum Gasteiger partial charge on any atom is -0.486 e. The molecule has 2 aliphatic rings. The van der Waals surface area contributed by atoms with Crippen molar-refractivity contribution >= 4 is 15.8 Å². The number of imidazole rings is 1. The third kappa shape index (κ3) is 4.02. The summed E-state index contributed by atoms with van der Waals surface area (Å²) < 4.78 is 41.0. The molecule has 0 radical (unpaired) electrons. The molecule has 3 aromatic rings. The number of benzene rings is 1. The zero-order valence-electron chi connectivity index (χ0n) is 18.9. The molecule has 0 amide bonds. The van der Waals surface area contributed by atoms with Crippen LogP contribution in [0, 0.1) is 20.8 Å². The summed E-state index contributed by atoms with van der Waals surface area (Å²) in [6.07, 6.45) is 1.76. The molecule has 2 aromatic heterocycles. The van der Waals surface area contributed by atoms with Crippen molar-refractivity contribution in [3.63, 3.8) is 0 Å². The van der Waals surface area contributed by atoms with Gasteiger partial charge in [-0.15, -0.1) is 0 Å². The first kappa shape index (κ1) is 21.7. The van der Waals surface area contributed by atoms with Crippen LogP contribution in [0.5, 0.6) is 11.5 Å². The quantitative estimate of drug-likeness (QED) is 0.569. The van der Waals surface area contributed by atoms with E-state index in [1.165, 1.54) is 4.31 Å². The van der Waals surface area contributed by atoms with Crippen molar-refractivity contribution in [2.75, 3.05) is 44.3 Å². The fraction of sp³-hybridized carbons (Fsp3) is 0.409. The first-order valence-corrected chi connectivity index (χ1v) is 12.3. The maximum absolute atomic E-state index is 13.2. The summed E-state index contributed by atoms with van der Waals surface area (Å²) in [5.41, 5.74) is 1.97. The van der Waals surface area contributed by atoms with E-state index in [1.54, 1.807) is 24.5 Å². The first-order chi connectivity index (χ1) is 15.8. The molecule has 33 heavy (non-hydrogen) atoms. The van der Waals surface area contributed by atoms with Gasteiger partial charge in [0.25, 0.3) is 0 Å². The molecule has 2 aliphatic heterocycles. The molecule has 0 unspecified atom stereocenters. The van der Waals surface area contributed by atoms with Gasteiger partial charge in [0, 0.05) is 44.0 Å². The predicted molar refractivity (Wildman–Crippen MR) is 122 cm³/mol. The van der Waals surface area contributed by atoms with E-state index in [-0.39, 0.29) is 4.90 Å². The van der Waals surface area contributed by atoms with Gasteiger partial charge in [0.05, 0.1) is 10.6 Å². The summed E-state index contributed by atoms with van der Waals surface area (Å²) in [6, 6.07) is 6.70. The van der Waals surface area contributed by atoms with Crippen molar-refractivity contribution in [1.29, 1.82) is 0 Å². The van der Waals surface area contributed by atoms with Crippen LogP contribution in [0.2, 0.25) is 0 Å². The number of aromatic nitrogens is 4. The lowest BCUT2D eigenvalue weighted by Gasteiger charge is -2.35. The number of hydrogen-bond acceptors (Lipinski definition) is 8. The molecule has 0 saturated carbocycles. The maximum atomic E-state index is 13.2. The molecule has 1 fully saturated rings. The predicted octanol–water partition coefficient (Wildman–Crippen LogP) is 1.87. The van der Waals surface area contributed by atoms with Crippen LogP contribution in [0.15, 0.2) is 35.5 Å². The van der Waals surface area contributed by atoms with Crippen molar-refractivity contribution < 1.29 is 17.9 Å². The fourth-order valence-corrected chi connectivity index (χ4v) is 5.48. The number of piperazine rings is 1. The van der Waals surface area contributed by atoms with E-state index in [0.29, 0.717) is 56.7 Å². The topological polar surface area (TPSA) is 103 Å². The van der Waals surface area contributed by atoms with Crippen LogP contribution >= 0.6 is 0 Å². The molecular weight excluding hydrogens is 444 g/mol. The molecule has 5 rings (SSSR count). The minimum absolute atomic E-state index is 0.214. The molecule has 174 valence electrons. The standard InChI is InChI=1S/C22H26N6O4S/c1-15-16(2)28(14-23-15)22-13-21(24-17(3)25-22)26-6-8-27(9-7-26)33(29,30)18-4-5-19-20(12-18)32-11-10-31-19/h4-5,12-14H,6-11H2,1-3H3. The summed E-state index contributed by atoms with van der Waals surface area (Å²) >= 11 is 0. The molecule has 11 heteroatoms. The highest BCUT2D eigenvalue weighted by atomic mass is 32.2. The van der Waals surface area contributed by atoms with Gasteiger partial charge in [0.2, 0.25) is 10.0 Å². The SMILES string of the molecule is Cc1nc(N2CCN(S(=O)(=O)c3ccc4c(c3)OCCO4)CC2)cc(-n2cnc(C)c2C)n1. The minimum atomic E-state index is -3.64. The van der Waals surface area contributed by atoms with Crippen molar-refractivity contribution in [3.05, 3.63) is 47.8 Å². The van der Waals surface area contributed by atoms with Crippen LogP contribution < -0.4 is 14.4 Å². The van der Waals surface area contributed by atoms with Gasteiger partial charge >= 0.3 is 0 Å². The van der Waals surface area contributed by atoms with E-state index in [2.05, 4.69) is 19.9 Å². The van der Waals surface area contributed by atoms with Crippen LogP contribution in [0.1, 0.15) is 17.2 Å². The molecule has 1 saturated heterocycles. The van der Waals surface area contributed by atoms with Gasteiger partial charge in [-0.2, -0.15) is 4.31 Å². The number of rotatable bonds is 4. The Morgan fingerprint density at radius 3 is 2.27 bits per heavy atom. The second-order valence-electron chi connectivity index (χ2n) is 8.11. The number of fused-ring (bicyclic) bond motifs is 1. The van der Waals surface area contributed by atoms with Crippen molar-refractivity contribution in [3.8, 4) is 17.3 Å². The van der Waals surface area contributed by atoms with Gasteiger partial charge in [-0.3, -0.25) is 4.57 Å². The number of aryl methyl sites for hydroxylation is 2. The molecule has 0 bridgehead atoms. The highest BCUT2D eigenvalue weighted by Gasteiger charge is 2.30. The van der Waals surface area contributed by atoms with Crippen LogP contribution in [-0.4, -0.2) is 71.6 Å². The van der Waals surface area contributed by atoms with Gasteiger partial charge in [-0.25, -0.2) is 23.4 Å². The largest absolute Gasteiger partial charge is 0.486 e. The Morgan fingerprint density at radius 2 is 1.58 bits per heavy atom. The maximum Gasteiger partial charge on any atom is 0.243 e. The zero-order valence-corrected chi connectivity index (χ0v) is 19.7. The third-order valence-corrected chi connectivity index (χ3v) is 7.92. The monoisotopic (exact) mass is 470 g/mol. The Morgan fingerprint density at radius 1 is 0.879 bits per heavy atom. The van der Waals surface area contributed by atoms with E-state index in [0.717, 1.165) is 23.0 Å². The summed E-state index contributed by atoms with van der Waals surface area (Å²) in [5, 5.41) is 0. The highest BCUT2D eigenvalue weighted by molar-refractivity contribution is 7.89.